The number of anilines is 1. The van der Waals surface area contributed by atoms with Gasteiger partial charge in [0.15, 0.2) is 6.04 Å². The van der Waals surface area contributed by atoms with Crippen molar-refractivity contribution in [2.75, 3.05) is 38.2 Å². The SMILES string of the molecule is COc1cc(Cl)c(C)cc1N1C(=O)C[C@@H]([NH+]2CCN(S(=O)(=O)c3ccccc3)CC2)C1=O. The molecule has 0 spiro atoms. The molecule has 2 aliphatic heterocycles. The number of piperazine rings is 1. The average Bonchev–Trinajstić information content (AvgIpc) is 3.09. The van der Waals surface area contributed by atoms with Crippen LogP contribution in [-0.4, -0.2) is 63.9 Å². The molecule has 8 nitrogen and oxygen atoms in total. The van der Waals surface area contributed by atoms with E-state index in [9.17, 15) is 18.0 Å². The fourth-order valence-electron chi connectivity index (χ4n) is 4.29. The van der Waals surface area contributed by atoms with Crippen molar-refractivity contribution in [3.05, 3.63) is 53.1 Å². The molecular weight excluding hydrogens is 454 g/mol. The van der Waals surface area contributed by atoms with Gasteiger partial charge in [-0.25, -0.2) is 13.3 Å². The molecule has 2 aromatic rings. The second-order valence-corrected chi connectivity index (χ2v) is 10.3. The average molecular weight is 479 g/mol. The Labute approximate surface area is 192 Å². The van der Waals surface area contributed by atoms with Gasteiger partial charge in [-0.05, 0) is 30.7 Å². The fraction of sp³-hybridized carbons (Fsp3) is 0.364. The van der Waals surface area contributed by atoms with Crippen LogP contribution in [0.2, 0.25) is 5.02 Å². The number of methoxy groups -OCH3 is 1. The Bertz CT molecular complexity index is 1150. The lowest BCUT2D eigenvalue weighted by Gasteiger charge is -2.33. The highest BCUT2D eigenvalue weighted by Crippen LogP contribution is 2.36. The number of nitrogens with one attached hydrogen (secondary N) is 1. The van der Waals surface area contributed by atoms with Crippen LogP contribution in [0.5, 0.6) is 5.75 Å². The fourth-order valence-corrected chi connectivity index (χ4v) is 5.91. The highest BCUT2D eigenvalue weighted by atomic mass is 35.5. The van der Waals surface area contributed by atoms with E-state index in [2.05, 4.69) is 0 Å². The van der Waals surface area contributed by atoms with Gasteiger partial charge in [0.25, 0.3) is 5.91 Å². The van der Waals surface area contributed by atoms with Crippen molar-refractivity contribution >= 4 is 39.1 Å². The molecule has 0 aromatic heterocycles. The van der Waals surface area contributed by atoms with Gasteiger partial charge in [0.1, 0.15) is 5.75 Å². The second kappa shape index (κ2) is 8.82. The summed E-state index contributed by atoms with van der Waals surface area (Å²) in [5, 5.41) is 0.489. The van der Waals surface area contributed by atoms with Crippen LogP contribution in [-0.2, 0) is 19.6 Å². The first-order valence-corrected chi connectivity index (χ1v) is 12.2. The van der Waals surface area contributed by atoms with E-state index in [1.54, 1.807) is 49.4 Å². The summed E-state index contributed by atoms with van der Waals surface area (Å²) in [6.07, 6.45) is 0.0738. The molecule has 32 heavy (non-hydrogen) atoms. The smallest absolute Gasteiger partial charge is 0.292 e. The molecule has 2 aliphatic rings. The lowest BCUT2D eigenvalue weighted by Crippen LogP contribution is -3.19. The molecule has 2 aromatic carbocycles. The largest absolute Gasteiger partial charge is 0.495 e. The number of rotatable bonds is 5. The second-order valence-electron chi connectivity index (χ2n) is 7.97. The monoisotopic (exact) mass is 478 g/mol. The molecule has 2 amide bonds. The van der Waals surface area contributed by atoms with Gasteiger partial charge in [0.2, 0.25) is 15.9 Å². The van der Waals surface area contributed by atoms with Crippen molar-refractivity contribution in [1.82, 2.24) is 4.31 Å². The first-order valence-electron chi connectivity index (χ1n) is 10.3. The normalized spacial score (nSPS) is 20.7. The Hall–Kier alpha value is -2.46. The number of carbonyl (C=O) groups excluding carboxylic acids is 2. The van der Waals surface area contributed by atoms with E-state index in [0.29, 0.717) is 29.5 Å². The minimum atomic E-state index is -3.58. The number of amides is 2. The van der Waals surface area contributed by atoms with E-state index in [0.717, 1.165) is 10.5 Å². The number of ether oxygens (including phenoxy) is 1. The van der Waals surface area contributed by atoms with Crippen LogP contribution in [0.3, 0.4) is 0 Å². The van der Waals surface area contributed by atoms with E-state index in [-0.39, 0.29) is 36.2 Å². The van der Waals surface area contributed by atoms with Gasteiger partial charge in [-0.2, -0.15) is 4.31 Å². The van der Waals surface area contributed by atoms with Gasteiger partial charge in [-0.1, -0.05) is 29.8 Å². The lowest BCUT2D eigenvalue weighted by atomic mass is 10.1. The van der Waals surface area contributed by atoms with Crippen molar-refractivity contribution in [1.29, 1.82) is 0 Å². The standard InChI is InChI=1S/C22H24ClN3O5S/c1-15-12-18(20(31-2)13-17(15)23)26-21(27)14-19(22(26)28)24-8-10-25(11-9-24)32(29,30)16-6-4-3-5-7-16/h3-7,12-13,19H,8-11,14H2,1-2H3/p+1/t19-/m1/s1. The van der Waals surface area contributed by atoms with Crippen molar-refractivity contribution < 1.29 is 27.6 Å². The maximum absolute atomic E-state index is 13.2. The Kier molecular flexibility index (Phi) is 6.26. The Balaban J connectivity index is 1.50. The highest BCUT2D eigenvalue weighted by molar-refractivity contribution is 7.89. The van der Waals surface area contributed by atoms with E-state index < -0.39 is 16.1 Å². The first kappa shape index (κ1) is 22.7. The topological polar surface area (TPSA) is 88.4 Å². The third kappa shape index (κ3) is 4.01. The number of nitrogens with zero attached hydrogens (tertiary/aromatic N) is 2. The maximum Gasteiger partial charge on any atom is 0.292 e. The molecule has 0 radical (unpaired) electrons. The van der Waals surface area contributed by atoms with Gasteiger partial charge < -0.3 is 9.64 Å². The molecule has 0 aliphatic carbocycles. The molecule has 10 heteroatoms. The Morgan fingerprint density at radius 1 is 1.09 bits per heavy atom. The molecule has 170 valence electrons. The zero-order valence-electron chi connectivity index (χ0n) is 17.9. The third-order valence-electron chi connectivity index (χ3n) is 6.09. The molecule has 0 saturated carbocycles. The number of sulfonamides is 1. The number of aryl methyl sites for hydroxylation is 1. The van der Waals surface area contributed by atoms with E-state index in [1.807, 2.05) is 0 Å². The maximum atomic E-state index is 13.2. The number of carbonyl (C=O) groups is 2. The summed E-state index contributed by atoms with van der Waals surface area (Å²) in [6, 6.07) is 11.0. The molecule has 1 atom stereocenters. The summed E-state index contributed by atoms with van der Waals surface area (Å²) >= 11 is 6.16. The molecule has 2 heterocycles. The van der Waals surface area contributed by atoms with Crippen LogP contribution < -0.4 is 14.5 Å². The predicted molar refractivity (Wildman–Crippen MR) is 120 cm³/mol. The quantitative estimate of drug-likeness (QED) is 0.644. The lowest BCUT2D eigenvalue weighted by molar-refractivity contribution is -0.918. The number of benzene rings is 2. The highest BCUT2D eigenvalue weighted by Gasteiger charge is 2.48. The molecule has 2 saturated heterocycles. The number of quaternary nitrogens is 1. The number of hydrogen-bond donors (Lipinski definition) is 1. The molecule has 2 fully saturated rings. The molecule has 0 unspecified atom stereocenters. The number of hydrogen-bond acceptors (Lipinski definition) is 5. The van der Waals surface area contributed by atoms with Crippen molar-refractivity contribution in [3.8, 4) is 5.75 Å². The minimum Gasteiger partial charge on any atom is -0.495 e. The van der Waals surface area contributed by atoms with Crippen LogP contribution in [0.1, 0.15) is 12.0 Å². The zero-order chi connectivity index (χ0) is 23.0. The van der Waals surface area contributed by atoms with Gasteiger partial charge in [0.05, 0.1) is 50.3 Å². The van der Waals surface area contributed by atoms with Gasteiger partial charge in [0, 0.05) is 11.1 Å². The summed E-state index contributed by atoms with van der Waals surface area (Å²) in [5.74, 6) is -0.243. The van der Waals surface area contributed by atoms with Crippen LogP contribution in [0.25, 0.3) is 0 Å². The summed E-state index contributed by atoms with van der Waals surface area (Å²) in [4.78, 5) is 28.4. The van der Waals surface area contributed by atoms with E-state index in [1.165, 1.54) is 16.3 Å². The van der Waals surface area contributed by atoms with Crippen molar-refractivity contribution in [2.45, 2.75) is 24.3 Å². The number of halogens is 1. The van der Waals surface area contributed by atoms with Crippen molar-refractivity contribution in [2.24, 2.45) is 0 Å². The van der Waals surface area contributed by atoms with Gasteiger partial charge in [-0.3, -0.25) is 9.59 Å². The van der Waals surface area contributed by atoms with Crippen molar-refractivity contribution in [3.63, 3.8) is 0 Å². The molecule has 4 rings (SSSR count). The summed E-state index contributed by atoms with van der Waals surface area (Å²) in [5.41, 5.74) is 1.12. The van der Waals surface area contributed by atoms with Crippen LogP contribution in [0.15, 0.2) is 47.4 Å². The predicted octanol–water partition coefficient (Wildman–Crippen LogP) is 0.878. The van der Waals surface area contributed by atoms with E-state index in [4.69, 9.17) is 16.3 Å². The van der Waals surface area contributed by atoms with Crippen LogP contribution >= 0.6 is 11.6 Å². The Morgan fingerprint density at radius 3 is 2.38 bits per heavy atom. The minimum absolute atomic E-state index is 0.0738. The van der Waals surface area contributed by atoms with Gasteiger partial charge in [-0.15, -0.1) is 0 Å². The first-order chi connectivity index (χ1) is 15.2. The summed E-state index contributed by atoms with van der Waals surface area (Å²) < 4.78 is 32.5. The third-order valence-corrected chi connectivity index (χ3v) is 8.41. The van der Waals surface area contributed by atoms with Crippen LogP contribution in [0, 0.1) is 6.92 Å². The summed E-state index contributed by atoms with van der Waals surface area (Å²) in [6.45, 7) is 3.26. The molecule has 1 N–H and O–H groups in total. The summed E-state index contributed by atoms with van der Waals surface area (Å²) in [7, 11) is -2.11. The van der Waals surface area contributed by atoms with Crippen LogP contribution in [0.4, 0.5) is 5.69 Å². The number of imide groups is 1. The van der Waals surface area contributed by atoms with E-state index >= 15 is 0 Å². The Morgan fingerprint density at radius 2 is 1.75 bits per heavy atom. The zero-order valence-corrected chi connectivity index (χ0v) is 19.4. The molecule has 0 bridgehead atoms. The van der Waals surface area contributed by atoms with Gasteiger partial charge >= 0.3 is 0 Å². The molecular formula is C22H25ClN3O5S+.